The van der Waals surface area contributed by atoms with Crippen molar-refractivity contribution in [3.05, 3.63) is 52.9 Å². The molecule has 24 heavy (non-hydrogen) atoms. The first-order chi connectivity index (χ1) is 11.3. The summed E-state index contributed by atoms with van der Waals surface area (Å²) in [6.07, 6.45) is 0. The van der Waals surface area contributed by atoms with Crippen molar-refractivity contribution >= 4 is 15.7 Å². The number of aromatic amines is 1. The summed E-state index contributed by atoms with van der Waals surface area (Å²) in [6, 6.07) is 8.92. The van der Waals surface area contributed by atoms with Crippen LogP contribution in [-0.4, -0.2) is 18.6 Å². The lowest BCUT2D eigenvalue weighted by Gasteiger charge is -2.10. The number of benzene rings is 1. The van der Waals surface area contributed by atoms with E-state index in [1.54, 1.807) is 19.1 Å². The molecule has 1 aromatic carbocycles. The number of aromatic nitrogens is 2. The minimum absolute atomic E-state index is 0.110. The molecule has 0 fully saturated rings. The van der Waals surface area contributed by atoms with Crippen LogP contribution in [-0.2, 0) is 10.0 Å². The average Bonchev–Trinajstić information content (AvgIpc) is 3.09. The van der Waals surface area contributed by atoms with E-state index in [4.69, 9.17) is 4.42 Å². The quantitative estimate of drug-likeness (QED) is 0.754. The molecule has 2 N–H and O–H groups in total. The highest BCUT2D eigenvalue weighted by atomic mass is 32.2. The van der Waals surface area contributed by atoms with Crippen molar-refractivity contribution in [2.45, 2.75) is 32.6 Å². The van der Waals surface area contributed by atoms with Crippen molar-refractivity contribution in [3.63, 3.8) is 0 Å². The van der Waals surface area contributed by atoms with Crippen LogP contribution in [0.5, 0.6) is 0 Å². The Labute approximate surface area is 141 Å². The molecule has 0 saturated heterocycles. The number of aryl methyl sites for hydroxylation is 4. The van der Waals surface area contributed by atoms with E-state index in [0.29, 0.717) is 22.9 Å². The number of hydrogen-bond acceptors (Lipinski definition) is 4. The molecule has 0 spiro atoms. The summed E-state index contributed by atoms with van der Waals surface area (Å²) in [7, 11) is -3.75. The molecule has 2 aromatic heterocycles. The second kappa shape index (κ2) is 5.83. The molecule has 0 amide bonds. The van der Waals surface area contributed by atoms with E-state index < -0.39 is 10.0 Å². The molecule has 0 saturated carbocycles. The third kappa shape index (κ3) is 3.07. The Kier molecular flexibility index (Phi) is 3.96. The third-order valence-corrected chi connectivity index (χ3v) is 5.23. The van der Waals surface area contributed by atoms with Crippen LogP contribution >= 0.6 is 0 Å². The lowest BCUT2D eigenvalue weighted by Crippen LogP contribution is -2.14. The van der Waals surface area contributed by atoms with Crippen LogP contribution in [0.2, 0.25) is 0 Å². The van der Waals surface area contributed by atoms with Crippen LogP contribution in [0.1, 0.15) is 22.6 Å². The Bertz CT molecular complexity index is 1000. The Hall–Kier alpha value is -2.54. The Morgan fingerprint density at radius 1 is 1.08 bits per heavy atom. The number of sulfonamides is 1. The van der Waals surface area contributed by atoms with Gasteiger partial charge in [-0.3, -0.25) is 9.82 Å². The van der Waals surface area contributed by atoms with Gasteiger partial charge in [0.1, 0.15) is 16.3 Å². The first kappa shape index (κ1) is 16.3. The molecule has 0 radical (unpaired) electrons. The maximum atomic E-state index is 12.7. The summed E-state index contributed by atoms with van der Waals surface area (Å²) in [6.45, 7) is 7.27. The van der Waals surface area contributed by atoms with Crippen molar-refractivity contribution in [2.75, 3.05) is 4.72 Å². The summed E-state index contributed by atoms with van der Waals surface area (Å²) >= 11 is 0. The molecule has 0 aliphatic rings. The molecular formula is C17H19N3O3S. The van der Waals surface area contributed by atoms with Gasteiger partial charge in [-0.1, -0.05) is 12.1 Å². The van der Waals surface area contributed by atoms with Crippen molar-refractivity contribution in [2.24, 2.45) is 0 Å². The molecule has 0 aliphatic carbocycles. The molecular weight excluding hydrogens is 326 g/mol. The minimum atomic E-state index is -3.75. The van der Waals surface area contributed by atoms with E-state index in [1.807, 2.05) is 32.9 Å². The smallest absolute Gasteiger partial charge is 0.265 e. The van der Waals surface area contributed by atoms with Crippen LogP contribution in [0.4, 0.5) is 5.69 Å². The Morgan fingerprint density at radius 2 is 1.83 bits per heavy atom. The molecule has 3 rings (SSSR count). The van der Waals surface area contributed by atoms with Gasteiger partial charge in [0.15, 0.2) is 5.76 Å². The second-order valence-electron chi connectivity index (χ2n) is 5.89. The fourth-order valence-corrected chi connectivity index (χ4v) is 3.75. The zero-order chi connectivity index (χ0) is 17.5. The summed E-state index contributed by atoms with van der Waals surface area (Å²) in [5, 5.41) is 6.91. The van der Waals surface area contributed by atoms with Crippen molar-refractivity contribution in [3.8, 4) is 11.5 Å². The number of H-pyrrole nitrogens is 1. The van der Waals surface area contributed by atoms with Gasteiger partial charge in [0.25, 0.3) is 10.0 Å². The number of furan rings is 1. The van der Waals surface area contributed by atoms with E-state index in [1.165, 1.54) is 6.07 Å². The summed E-state index contributed by atoms with van der Waals surface area (Å²) in [5.41, 5.74) is 3.84. The summed E-state index contributed by atoms with van der Waals surface area (Å²) in [4.78, 5) is 0.110. The SMILES string of the molecule is Cc1ccc(C)c(NS(=O)(=O)c2cc(-c3cc(C)[nH]n3)oc2C)c1. The van der Waals surface area contributed by atoms with Gasteiger partial charge >= 0.3 is 0 Å². The topological polar surface area (TPSA) is 88.0 Å². The molecule has 0 aliphatic heterocycles. The first-order valence-electron chi connectivity index (χ1n) is 7.49. The van der Waals surface area contributed by atoms with Gasteiger partial charge in [-0.05, 0) is 51.0 Å². The van der Waals surface area contributed by atoms with Crippen molar-refractivity contribution < 1.29 is 12.8 Å². The molecule has 3 aromatic rings. The highest BCUT2D eigenvalue weighted by molar-refractivity contribution is 7.92. The number of nitrogens with zero attached hydrogens (tertiary/aromatic N) is 1. The maximum absolute atomic E-state index is 12.7. The van der Waals surface area contributed by atoms with Gasteiger partial charge in [-0.25, -0.2) is 8.42 Å². The van der Waals surface area contributed by atoms with Gasteiger partial charge in [0.05, 0.1) is 5.69 Å². The van der Waals surface area contributed by atoms with Crippen molar-refractivity contribution in [1.29, 1.82) is 0 Å². The van der Waals surface area contributed by atoms with E-state index in [2.05, 4.69) is 14.9 Å². The van der Waals surface area contributed by atoms with Gasteiger partial charge in [0.2, 0.25) is 0 Å². The standard InChI is InChI=1S/C17H19N3O3S/c1-10-5-6-11(2)14(7-10)20-24(21,22)17-9-16(23-13(17)4)15-8-12(3)18-19-15/h5-9,20H,1-4H3,(H,18,19). The van der Waals surface area contributed by atoms with E-state index in [-0.39, 0.29) is 4.90 Å². The van der Waals surface area contributed by atoms with Crippen LogP contribution in [0.3, 0.4) is 0 Å². The Morgan fingerprint density at radius 3 is 2.50 bits per heavy atom. The van der Waals surface area contributed by atoms with Crippen LogP contribution in [0, 0.1) is 27.7 Å². The Balaban J connectivity index is 1.98. The molecule has 0 bridgehead atoms. The summed E-state index contributed by atoms with van der Waals surface area (Å²) < 4.78 is 33.7. The fraction of sp³-hybridized carbons (Fsp3) is 0.235. The molecule has 0 atom stereocenters. The third-order valence-electron chi connectivity index (χ3n) is 3.76. The zero-order valence-electron chi connectivity index (χ0n) is 14.0. The predicted molar refractivity (Wildman–Crippen MR) is 92.5 cm³/mol. The van der Waals surface area contributed by atoms with E-state index in [9.17, 15) is 8.42 Å². The molecule has 2 heterocycles. The van der Waals surface area contributed by atoms with Gasteiger partial charge in [-0.15, -0.1) is 0 Å². The first-order valence-corrected chi connectivity index (χ1v) is 8.97. The van der Waals surface area contributed by atoms with Crippen LogP contribution < -0.4 is 4.72 Å². The second-order valence-corrected chi connectivity index (χ2v) is 7.54. The largest absolute Gasteiger partial charge is 0.458 e. The monoisotopic (exact) mass is 345 g/mol. The van der Waals surface area contributed by atoms with Crippen molar-refractivity contribution in [1.82, 2.24) is 10.2 Å². The van der Waals surface area contributed by atoms with Crippen LogP contribution in [0.15, 0.2) is 39.6 Å². The number of nitrogens with one attached hydrogen (secondary N) is 2. The molecule has 7 heteroatoms. The van der Waals surface area contributed by atoms with E-state index in [0.717, 1.165) is 16.8 Å². The average molecular weight is 345 g/mol. The molecule has 6 nitrogen and oxygen atoms in total. The normalized spacial score (nSPS) is 11.7. The predicted octanol–water partition coefficient (Wildman–Crippen LogP) is 3.70. The summed E-state index contributed by atoms with van der Waals surface area (Å²) in [5.74, 6) is 0.738. The molecule has 0 unspecified atom stereocenters. The number of hydrogen-bond donors (Lipinski definition) is 2. The highest BCUT2D eigenvalue weighted by Crippen LogP contribution is 2.29. The van der Waals surface area contributed by atoms with Gasteiger partial charge < -0.3 is 4.42 Å². The van der Waals surface area contributed by atoms with E-state index >= 15 is 0 Å². The lowest BCUT2D eigenvalue weighted by molar-refractivity contribution is 0.533. The highest BCUT2D eigenvalue weighted by Gasteiger charge is 2.23. The molecule has 126 valence electrons. The van der Waals surface area contributed by atoms with Crippen LogP contribution in [0.25, 0.3) is 11.5 Å². The minimum Gasteiger partial charge on any atom is -0.458 e. The number of anilines is 1. The fourth-order valence-electron chi connectivity index (χ4n) is 2.45. The maximum Gasteiger partial charge on any atom is 0.265 e. The number of rotatable bonds is 4. The lowest BCUT2D eigenvalue weighted by atomic mass is 10.1. The zero-order valence-corrected chi connectivity index (χ0v) is 14.8. The van der Waals surface area contributed by atoms with Gasteiger partial charge in [0, 0.05) is 11.8 Å². The van der Waals surface area contributed by atoms with Gasteiger partial charge in [-0.2, -0.15) is 5.10 Å².